The molecule has 1 saturated heterocycles. The molecule has 0 unspecified atom stereocenters. The number of ether oxygens (including phenoxy) is 2. The first-order valence-electron chi connectivity index (χ1n) is 5.67. The number of hydrogen-bond donors (Lipinski definition) is 1. The Kier molecular flexibility index (Phi) is 4.30. The summed E-state index contributed by atoms with van der Waals surface area (Å²) in [6.45, 7) is 11.3. The molecule has 3 nitrogen and oxygen atoms in total. The first kappa shape index (κ1) is 13.4. The van der Waals surface area contributed by atoms with Gasteiger partial charge in [-0.2, -0.15) is 0 Å². The van der Waals surface area contributed by atoms with Crippen molar-refractivity contribution in [2.45, 2.75) is 50.6 Å². The Labute approximate surface area is 97.8 Å². The summed E-state index contributed by atoms with van der Waals surface area (Å²) >= 11 is 0. The van der Waals surface area contributed by atoms with Gasteiger partial charge >= 0.3 is 0 Å². The third kappa shape index (κ3) is 3.17. The fourth-order valence-corrected chi connectivity index (χ4v) is 2.41. The molecule has 0 aliphatic carbocycles. The molecule has 16 heavy (non-hydrogen) atoms. The summed E-state index contributed by atoms with van der Waals surface area (Å²) in [5.74, 6) is -0.669. The van der Waals surface area contributed by atoms with Gasteiger partial charge in [-0.3, -0.25) is 0 Å². The van der Waals surface area contributed by atoms with E-state index in [4.69, 9.17) is 9.47 Å². The molecule has 3 heteroatoms. The molecule has 0 amide bonds. The maximum atomic E-state index is 9.26. The lowest BCUT2D eigenvalue weighted by molar-refractivity contribution is -0.336. The van der Waals surface area contributed by atoms with Crippen molar-refractivity contribution in [3.8, 4) is 0 Å². The SMILES string of the molecule is C=CCC1(CC=C)C[C@@H](CO)OC(C)(C)O1. The minimum atomic E-state index is -0.669. The van der Waals surface area contributed by atoms with E-state index in [1.54, 1.807) is 0 Å². The fourth-order valence-electron chi connectivity index (χ4n) is 2.41. The zero-order chi connectivity index (χ0) is 12.2. The van der Waals surface area contributed by atoms with Crippen molar-refractivity contribution in [3.05, 3.63) is 25.3 Å². The van der Waals surface area contributed by atoms with Crippen LogP contribution in [-0.4, -0.2) is 29.2 Å². The minimum Gasteiger partial charge on any atom is -0.394 e. The number of hydrogen-bond acceptors (Lipinski definition) is 3. The summed E-state index contributed by atoms with van der Waals surface area (Å²) < 4.78 is 11.6. The van der Waals surface area contributed by atoms with Crippen molar-refractivity contribution in [1.82, 2.24) is 0 Å². The normalized spacial score (nSPS) is 27.3. The number of aliphatic hydroxyl groups excluding tert-OH is 1. The second-order valence-corrected chi connectivity index (χ2v) is 4.80. The van der Waals surface area contributed by atoms with Crippen LogP contribution in [0, 0.1) is 0 Å². The summed E-state index contributed by atoms with van der Waals surface area (Å²) in [5, 5.41) is 9.26. The standard InChI is InChI=1S/C13H22O3/c1-5-7-13(8-6-2)9-11(10-14)15-12(3,4)16-13/h5-6,11,14H,1-2,7-10H2,3-4H3/t11-/m0/s1. The van der Waals surface area contributed by atoms with Gasteiger partial charge in [-0.25, -0.2) is 0 Å². The van der Waals surface area contributed by atoms with E-state index in [0.29, 0.717) is 6.42 Å². The molecule has 1 rings (SSSR count). The van der Waals surface area contributed by atoms with Crippen LogP contribution in [0.1, 0.15) is 33.1 Å². The van der Waals surface area contributed by atoms with Crippen LogP contribution in [0.15, 0.2) is 25.3 Å². The van der Waals surface area contributed by atoms with E-state index >= 15 is 0 Å². The largest absolute Gasteiger partial charge is 0.394 e. The van der Waals surface area contributed by atoms with Crippen molar-refractivity contribution in [2.24, 2.45) is 0 Å². The van der Waals surface area contributed by atoms with Crippen molar-refractivity contribution >= 4 is 0 Å². The molecular weight excluding hydrogens is 204 g/mol. The first-order chi connectivity index (χ1) is 7.47. The average molecular weight is 226 g/mol. The van der Waals surface area contributed by atoms with E-state index in [2.05, 4.69) is 13.2 Å². The summed E-state index contributed by atoms with van der Waals surface area (Å²) in [7, 11) is 0. The predicted molar refractivity (Wildman–Crippen MR) is 64.1 cm³/mol. The monoisotopic (exact) mass is 226 g/mol. The van der Waals surface area contributed by atoms with Crippen molar-refractivity contribution in [3.63, 3.8) is 0 Å². The number of aliphatic hydroxyl groups is 1. The topological polar surface area (TPSA) is 38.7 Å². The van der Waals surface area contributed by atoms with Gasteiger partial charge in [0.1, 0.15) is 0 Å². The highest BCUT2D eigenvalue weighted by Crippen LogP contribution is 2.39. The molecule has 0 spiro atoms. The molecule has 1 heterocycles. The summed E-state index contributed by atoms with van der Waals surface area (Å²) in [5.41, 5.74) is -0.335. The van der Waals surface area contributed by atoms with E-state index in [1.165, 1.54) is 0 Å². The van der Waals surface area contributed by atoms with Crippen LogP contribution in [0.3, 0.4) is 0 Å². The maximum absolute atomic E-state index is 9.26. The molecule has 0 radical (unpaired) electrons. The van der Waals surface area contributed by atoms with Crippen LogP contribution in [0.4, 0.5) is 0 Å². The van der Waals surface area contributed by atoms with Gasteiger partial charge in [-0.1, -0.05) is 12.2 Å². The van der Waals surface area contributed by atoms with Crippen LogP contribution in [-0.2, 0) is 9.47 Å². The molecular formula is C13H22O3. The Morgan fingerprint density at radius 2 is 1.88 bits per heavy atom. The molecule has 0 aromatic carbocycles. The van der Waals surface area contributed by atoms with E-state index in [-0.39, 0.29) is 18.3 Å². The van der Waals surface area contributed by atoms with Crippen LogP contribution in [0.2, 0.25) is 0 Å². The maximum Gasteiger partial charge on any atom is 0.164 e. The second kappa shape index (κ2) is 5.13. The lowest BCUT2D eigenvalue weighted by Crippen LogP contribution is -2.53. The zero-order valence-electron chi connectivity index (χ0n) is 10.2. The highest BCUT2D eigenvalue weighted by molar-refractivity contribution is 4.98. The van der Waals surface area contributed by atoms with Crippen molar-refractivity contribution in [2.75, 3.05) is 6.61 Å². The highest BCUT2D eigenvalue weighted by atomic mass is 16.7. The minimum absolute atomic E-state index is 0.0167. The van der Waals surface area contributed by atoms with Gasteiger partial charge in [0.2, 0.25) is 0 Å². The van der Waals surface area contributed by atoms with E-state index in [0.717, 1.165) is 12.8 Å². The van der Waals surface area contributed by atoms with Crippen molar-refractivity contribution < 1.29 is 14.6 Å². The molecule has 0 aromatic rings. The van der Waals surface area contributed by atoms with Gasteiger partial charge in [-0.05, 0) is 26.7 Å². The lowest BCUT2D eigenvalue weighted by atomic mass is 9.87. The molecule has 1 aliphatic heterocycles. The summed E-state index contributed by atoms with van der Waals surface area (Å²) in [6.07, 6.45) is 5.66. The third-order valence-electron chi connectivity index (χ3n) is 2.75. The zero-order valence-corrected chi connectivity index (χ0v) is 10.2. The lowest BCUT2D eigenvalue weighted by Gasteiger charge is -2.47. The molecule has 92 valence electrons. The van der Waals surface area contributed by atoms with Crippen LogP contribution >= 0.6 is 0 Å². The second-order valence-electron chi connectivity index (χ2n) is 4.80. The van der Waals surface area contributed by atoms with Crippen LogP contribution in [0.25, 0.3) is 0 Å². The van der Waals surface area contributed by atoms with Gasteiger partial charge in [0, 0.05) is 6.42 Å². The van der Waals surface area contributed by atoms with E-state index < -0.39 is 5.79 Å². The molecule has 1 aliphatic rings. The summed E-state index contributed by atoms with van der Waals surface area (Å²) in [4.78, 5) is 0. The Morgan fingerprint density at radius 1 is 1.31 bits per heavy atom. The van der Waals surface area contributed by atoms with E-state index in [1.807, 2.05) is 26.0 Å². The highest BCUT2D eigenvalue weighted by Gasteiger charge is 2.44. The van der Waals surface area contributed by atoms with Crippen LogP contribution in [0.5, 0.6) is 0 Å². The Balaban J connectivity index is 2.88. The first-order valence-corrected chi connectivity index (χ1v) is 5.67. The Hall–Kier alpha value is -0.640. The Bertz CT molecular complexity index is 248. The predicted octanol–water partition coefficient (Wildman–Crippen LogP) is 2.41. The van der Waals surface area contributed by atoms with Crippen LogP contribution < -0.4 is 0 Å². The fraction of sp³-hybridized carbons (Fsp3) is 0.692. The average Bonchev–Trinajstić information content (AvgIpc) is 2.15. The number of rotatable bonds is 5. The molecule has 0 aromatic heterocycles. The van der Waals surface area contributed by atoms with E-state index in [9.17, 15) is 5.11 Å². The molecule has 1 N–H and O–H groups in total. The molecule has 0 bridgehead atoms. The van der Waals surface area contributed by atoms with Crippen molar-refractivity contribution in [1.29, 1.82) is 0 Å². The molecule has 0 saturated carbocycles. The Morgan fingerprint density at radius 3 is 2.31 bits per heavy atom. The summed E-state index contributed by atoms with van der Waals surface area (Å²) in [6, 6.07) is 0. The molecule has 1 atom stereocenters. The van der Waals surface area contributed by atoms with Gasteiger partial charge in [0.25, 0.3) is 0 Å². The quantitative estimate of drug-likeness (QED) is 0.732. The van der Waals surface area contributed by atoms with Gasteiger partial charge in [0.05, 0.1) is 18.3 Å². The smallest absolute Gasteiger partial charge is 0.164 e. The van der Waals surface area contributed by atoms with Gasteiger partial charge in [0.15, 0.2) is 5.79 Å². The third-order valence-corrected chi connectivity index (χ3v) is 2.75. The van der Waals surface area contributed by atoms with Gasteiger partial charge < -0.3 is 14.6 Å². The molecule has 1 fully saturated rings. The van der Waals surface area contributed by atoms with Gasteiger partial charge in [-0.15, -0.1) is 13.2 Å².